The van der Waals surface area contributed by atoms with Crippen molar-refractivity contribution < 1.29 is 9.90 Å². The number of rotatable bonds is 2. The Labute approximate surface area is 113 Å². The molecule has 3 rings (SSSR count). The lowest BCUT2D eigenvalue weighted by atomic mass is 10.0. The molecule has 0 saturated heterocycles. The molecule has 0 spiro atoms. The normalized spacial score (nSPS) is 10.8. The number of nitrogens with zero attached hydrogens (tertiary/aromatic N) is 2. The molecule has 0 amide bonds. The van der Waals surface area contributed by atoms with Gasteiger partial charge in [0.05, 0.1) is 5.52 Å². The largest absolute Gasteiger partial charge is 0.476 e. The Kier molecular flexibility index (Phi) is 2.72. The van der Waals surface area contributed by atoms with E-state index in [1.807, 2.05) is 18.2 Å². The van der Waals surface area contributed by atoms with Gasteiger partial charge in [-0.3, -0.25) is 0 Å². The molecule has 0 aliphatic heterocycles. The Hall–Kier alpha value is -2.33. The first-order valence-electron chi connectivity index (χ1n) is 5.64. The summed E-state index contributed by atoms with van der Waals surface area (Å²) in [6.07, 6.45) is 1.71. The van der Waals surface area contributed by atoms with Gasteiger partial charge in [-0.05, 0) is 18.2 Å². The Morgan fingerprint density at radius 3 is 2.63 bits per heavy atom. The molecule has 4 nitrogen and oxygen atoms in total. The molecule has 0 aliphatic rings. The van der Waals surface area contributed by atoms with Gasteiger partial charge in [0.25, 0.3) is 0 Å². The molecule has 0 saturated carbocycles. The number of benzene rings is 1. The van der Waals surface area contributed by atoms with Crippen molar-refractivity contribution in [2.75, 3.05) is 0 Å². The van der Waals surface area contributed by atoms with Gasteiger partial charge in [-0.25, -0.2) is 9.31 Å². The maximum absolute atomic E-state index is 11.4. The van der Waals surface area contributed by atoms with Gasteiger partial charge in [0, 0.05) is 22.3 Å². The minimum Gasteiger partial charge on any atom is -0.476 e. The average molecular weight is 273 g/mol. The van der Waals surface area contributed by atoms with Gasteiger partial charge in [0.15, 0.2) is 5.69 Å². The number of aromatic carboxylic acids is 1. The van der Waals surface area contributed by atoms with Crippen LogP contribution in [0.25, 0.3) is 16.6 Å². The number of carboxylic acid groups (broad SMARTS) is 1. The van der Waals surface area contributed by atoms with Crippen LogP contribution in [0.2, 0.25) is 5.02 Å². The molecule has 5 heteroatoms. The highest BCUT2D eigenvalue weighted by molar-refractivity contribution is 6.33. The molecule has 1 N–H and O–H groups in total. The van der Waals surface area contributed by atoms with Crippen molar-refractivity contribution in [1.29, 1.82) is 0 Å². The summed E-state index contributed by atoms with van der Waals surface area (Å²) in [5, 5.41) is 13.9. The van der Waals surface area contributed by atoms with Crippen LogP contribution in [0.3, 0.4) is 0 Å². The Morgan fingerprint density at radius 1 is 1.16 bits per heavy atom. The number of fused-ring (bicyclic) bond motifs is 1. The molecule has 0 unspecified atom stereocenters. The minimum absolute atomic E-state index is 0.000648. The smallest absolute Gasteiger partial charge is 0.357 e. The molecule has 19 heavy (non-hydrogen) atoms. The van der Waals surface area contributed by atoms with E-state index in [1.54, 1.807) is 35.0 Å². The van der Waals surface area contributed by atoms with Crippen molar-refractivity contribution in [3.63, 3.8) is 0 Å². The second kappa shape index (κ2) is 4.40. The fourth-order valence-corrected chi connectivity index (χ4v) is 2.31. The summed E-state index contributed by atoms with van der Waals surface area (Å²) in [5.74, 6) is -1.07. The van der Waals surface area contributed by atoms with Crippen molar-refractivity contribution in [1.82, 2.24) is 9.61 Å². The molecule has 0 atom stereocenters. The highest BCUT2D eigenvalue weighted by Crippen LogP contribution is 2.33. The lowest BCUT2D eigenvalue weighted by Crippen LogP contribution is -1.99. The van der Waals surface area contributed by atoms with Crippen LogP contribution in [0, 0.1) is 0 Å². The number of aromatic nitrogens is 2. The summed E-state index contributed by atoms with van der Waals surface area (Å²) in [6, 6.07) is 12.6. The highest BCUT2D eigenvalue weighted by Gasteiger charge is 2.21. The van der Waals surface area contributed by atoms with Gasteiger partial charge in [-0.2, -0.15) is 5.10 Å². The number of carbonyl (C=O) groups is 1. The van der Waals surface area contributed by atoms with Crippen LogP contribution in [0.4, 0.5) is 0 Å². The highest BCUT2D eigenvalue weighted by atomic mass is 35.5. The van der Waals surface area contributed by atoms with Gasteiger partial charge in [-0.1, -0.05) is 35.9 Å². The molecule has 2 aromatic heterocycles. The van der Waals surface area contributed by atoms with E-state index in [4.69, 9.17) is 11.6 Å². The Bertz CT molecular complexity index is 780. The van der Waals surface area contributed by atoms with E-state index in [-0.39, 0.29) is 5.69 Å². The third-order valence-corrected chi connectivity index (χ3v) is 3.22. The second-order valence-electron chi connectivity index (χ2n) is 4.04. The number of carboxylic acids is 1. The zero-order valence-corrected chi connectivity index (χ0v) is 10.5. The topological polar surface area (TPSA) is 54.6 Å². The second-order valence-corrected chi connectivity index (χ2v) is 4.45. The van der Waals surface area contributed by atoms with Crippen LogP contribution in [-0.4, -0.2) is 20.7 Å². The third kappa shape index (κ3) is 1.86. The Balaban J connectivity index is 2.42. The molecule has 0 aliphatic carbocycles. The van der Waals surface area contributed by atoms with Crippen LogP contribution in [-0.2, 0) is 0 Å². The predicted octanol–water partition coefficient (Wildman–Crippen LogP) is 3.35. The van der Waals surface area contributed by atoms with Crippen molar-refractivity contribution in [3.05, 3.63) is 59.4 Å². The first kappa shape index (κ1) is 11.7. The van der Waals surface area contributed by atoms with Gasteiger partial charge in [0.2, 0.25) is 0 Å². The van der Waals surface area contributed by atoms with Gasteiger partial charge in [0.1, 0.15) is 0 Å². The van der Waals surface area contributed by atoms with Crippen molar-refractivity contribution >= 4 is 23.1 Å². The molecule has 2 heterocycles. The fraction of sp³-hybridized carbons (Fsp3) is 0. The molecular formula is C14H9ClN2O2. The lowest BCUT2D eigenvalue weighted by Gasteiger charge is -2.03. The molecule has 94 valence electrons. The Morgan fingerprint density at radius 2 is 1.89 bits per heavy atom. The van der Waals surface area contributed by atoms with E-state index >= 15 is 0 Å². The molecule has 0 fully saturated rings. The van der Waals surface area contributed by atoms with Crippen LogP contribution < -0.4 is 0 Å². The van der Waals surface area contributed by atoms with Gasteiger partial charge >= 0.3 is 5.97 Å². The van der Waals surface area contributed by atoms with Crippen LogP contribution in [0.15, 0.2) is 48.7 Å². The quantitative estimate of drug-likeness (QED) is 0.778. The first-order valence-corrected chi connectivity index (χ1v) is 6.02. The number of halogens is 1. The van der Waals surface area contributed by atoms with E-state index in [2.05, 4.69) is 5.10 Å². The van der Waals surface area contributed by atoms with Crippen LogP contribution in [0.5, 0.6) is 0 Å². The fourth-order valence-electron chi connectivity index (χ4n) is 2.08. The van der Waals surface area contributed by atoms with Gasteiger partial charge in [-0.15, -0.1) is 0 Å². The molecule has 0 bridgehead atoms. The zero-order valence-electron chi connectivity index (χ0n) is 9.75. The SMILES string of the molecule is O=C(O)c1nn2ccccc2c1-c1ccccc1Cl. The van der Waals surface area contributed by atoms with E-state index in [9.17, 15) is 9.90 Å². The summed E-state index contributed by atoms with van der Waals surface area (Å²) in [6.45, 7) is 0. The van der Waals surface area contributed by atoms with E-state index in [0.717, 1.165) is 0 Å². The average Bonchev–Trinajstić information content (AvgIpc) is 2.79. The van der Waals surface area contributed by atoms with Crippen molar-refractivity contribution in [3.8, 4) is 11.1 Å². The summed E-state index contributed by atoms with van der Waals surface area (Å²) >= 11 is 6.16. The minimum atomic E-state index is -1.07. The van der Waals surface area contributed by atoms with Crippen molar-refractivity contribution in [2.45, 2.75) is 0 Å². The zero-order chi connectivity index (χ0) is 13.4. The maximum Gasteiger partial charge on any atom is 0.357 e. The van der Waals surface area contributed by atoms with E-state index in [0.29, 0.717) is 21.7 Å². The predicted molar refractivity (Wildman–Crippen MR) is 72.6 cm³/mol. The van der Waals surface area contributed by atoms with Crippen LogP contribution in [0.1, 0.15) is 10.5 Å². The standard InChI is InChI=1S/C14H9ClN2O2/c15-10-6-2-1-5-9(10)12-11-7-3-4-8-17(11)16-13(12)14(18)19/h1-8H,(H,18,19). The number of hydrogen-bond acceptors (Lipinski definition) is 2. The number of hydrogen-bond donors (Lipinski definition) is 1. The molecular weight excluding hydrogens is 264 g/mol. The molecule has 1 aromatic carbocycles. The summed E-state index contributed by atoms with van der Waals surface area (Å²) < 4.78 is 1.54. The summed E-state index contributed by atoms with van der Waals surface area (Å²) in [7, 11) is 0. The third-order valence-electron chi connectivity index (χ3n) is 2.89. The van der Waals surface area contributed by atoms with E-state index < -0.39 is 5.97 Å². The molecule has 0 radical (unpaired) electrons. The molecule has 3 aromatic rings. The van der Waals surface area contributed by atoms with E-state index in [1.165, 1.54) is 0 Å². The number of pyridine rings is 1. The van der Waals surface area contributed by atoms with Crippen molar-refractivity contribution in [2.24, 2.45) is 0 Å². The maximum atomic E-state index is 11.4. The summed E-state index contributed by atoms with van der Waals surface area (Å²) in [4.78, 5) is 11.4. The van der Waals surface area contributed by atoms with Gasteiger partial charge < -0.3 is 5.11 Å². The monoisotopic (exact) mass is 272 g/mol. The summed E-state index contributed by atoms with van der Waals surface area (Å²) in [5.41, 5.74) is 1.92. The van der Waals surface area contributed by atoms with Crippen LogP contribution >= 0.6 is 11.6 Å². The first-order chi connectivity index (χ1) is 9.18. The lowest BCUT2D eigenvalue weighted by molar-refractivity contribution is 0.0691.